The number of halogens is 2. The van der Waals surface area contributed by atoms with E-state index in [1.54, 1.807) is 27.5 Å². The third-order valence-corrected chi connectivity index (χ3v) is 18.3. The average molecular weight is 1360 g/mol. The number of piperidine rings is 2. The number of nitrogens with one attached hydrogen (secondary N) is 3. The van der Waals surface area contributed by atoms with Crippen LogP contribution in [0.1, 0.15) is 181 Å². The summed E-state index contributed by atoms with van der Waals surface area (Å²) in [5.41, 5.74) is 6.23. The number of carbonyl (C=O) groups excluding carboxylic acids is 1. The molecule has 0 bridgehead atoms. The number of carboxylic acid groups (broad SMARTS) is 4. The Morgan fingerprint density at radius 2 is 1.01 bits per heavy atom. The van der Waals surface area contributed by atoms with E-state index in [4.69, 9.17) is 48.8 Å². The summed E-state index contributed by atoms with van der Waals surface area (Å²) in [5.74, 6) is -6.01. The standard InChI is InChI=1S/C31H44N4O4.C20H24N2O3.C11H22N2O2.C6H8O7.2ClH/c1-21-7-9-23(10-8-21)28-6-4-5-25(39-28)11-12-26-22(2)30(33-20-32-26)31(36)35-16-13-24(14-17-35)34-27-15-18-38-19-29(27)37-3;1-13-6-8-15(9-7-13)18-5-3-4-16(25-18)10-11-17-14(2)19(20(23)24)22-12-21-17;1-14-11-8-15-7-4-10(11)13-9-2-5-12-6-3-9;7-3(8)1-6(13,5(11)12)2-4(9)10;;/h7-10,20,24-25,27-29,34H,4-6,11-19H2,1-3H3;6-9,12,16,18H,3-5,10-11H2,1-2H3,(H,23,24);9-13H,2-8H2,1H3;13H,1-2H2,(H,7,8)(H,9,10)(H,11,12);2*1H/t25-,27-,28+,29+;16-,18+;10-,11+;;;/m111.../s1. The van der Waals surface area contributed by atoms with Crippen molar-refractivity contribution >= 4 is 54.6 Å². The number of aliphatic hydroxyl groups is 1. The van der Waals surface area contributed by atoms with E-state index >= 15 is 0 Å². The summed E-state index contributed by atoms with van der Waals surface area (Å²) in [6.45, 7) is 14.7. The van der Waals surface area contributed by atoms with Crippen molar-refractivity contribution in [3.8, 4) is 0 Å². The maximum atomic E-state index is 13.5. The Hall–Kier alpha value is -5.87. The highest BCUT2D eigenvalue weighted by molar-refractivity contribution is 5.94. The van der Waals surface area contributed by atoms with Crippen LogP contribution in [0.4, 0.5) is 0 Å². The number of aromatic nitrogens is 4. The summed E-state index contributed by atoms with van der Waals surface area (Å²) < 4.78 is 34.8. The lowest BCUT2D eigenvalue weighted by atomic mass is 9.95. The van der Waals surface area contributed by atoms with Crippen LogP contribution in [0.3, 0.4) is 0 Å². The number of hydrogen-bond donors (Lipinski definition) is 8. The highest BCUT2D eigenvalue weighted by Gasteiger charge is 2.41. The van der Waals surface area contributed by atoms with Gasteiger partial charge in [0.05, 0.1) is 62.7 Å². The zero-order valence-electron chi connectivity index (χ0n) is 55.2. The summed E-state index contributed by atoms with van der Waals surface area (Å²) in [6.07, 6.45) is 17.8. The fraction of sp³-hybridized carbons (Fsp3) is 0.632. The van der Waals surface area contributed by atoms with Gasteiger partial charge in [-0.15, -0.1) is 24.8 Å². The van der Waals surface area contributed by atoms with Crippen molar-refractivity contribution < 1.29 is 77.9 Å². The summed E-state index contributed by atoms with van der Waals surface area (Å²) in [6, 6.07) is 19.1. The van der Waals surface area contributed by atoms with Crippen molar-refractivity contribution in [1.29, 1.82) is 0 Å². The van der Waals surface area contributed by atoms with E-state index in [9.17, 15) is 29.1 Å². The van der Waals surface area contributed by atoms with Crippen molar-refractivity contribution in [3.63, 3.8) is 0 Å². The van der Waals surface area contributed by atoms with Crippen LogP contribution >= 0.6 is 24.8 Å². The largest absolute Gasteiger partial charge is 0.481 e. The molecule has 8 atom stereocenters. The molecule has 4 aromatic rings. The van der Waals surface area contributed by atoms with Gasteiger partial charge in [-0.1, -0.05) is 59.7 Å². The van der Waals surface area contributed by atoms with E-state index < -0.39 is 42.3 Å². The van der Waals surface area contributed by atoms with Gasteiger partial charge >= 0.3 is 23.9 Å². The van der Waals surface area contributed by atoms with Crippen LogP contribution in [0.2, 0.25) is 0 Å². The van der Waals surface area contributed by atoms with Crippen molar-refractivity contribution in [2.75, 3.05) is 66.8 Å². The summed E-state index contributed by atoms with van der Waals surface area (Å²) in [4.78, 5) is 74.2. The van der Waals surface area contributed by atoms with E-state index in [1.165, 1.54) is 47.8 Å². The van der Waals surface area contributed by atoms with Crippen molar-refractivity contribution in [1.82, 2.24) is 40.8 Å². The number of benzene rings is 2. The van der Waals surface area contributed by atoms with Gasteiger partial charge in [-0.3, -0.25) is 14.4 Å². The lowest BCUT2D eigenvalue weighted by Gasteiger charge is -2.38. The number of carbonyl (C=O) groups is 5. The molecule has 2 aromatic heterocycles. The summed E-state index contributed by atoms with van der Waals surface area (Å²) in [5, 5.41) is 53.8. The first kappa shape index (κ1) is 78.8. The first-order valence-electron chi connectivity index (χ1n) is 32.6. The fourth-order valence-electron chi connectivity index (χ4n) is 12.8. The normalized spacial score (nSPS) is 23.4. The molecule has 8 heterocycles. The van der Waals surface area contributed by atoms with Gasteiger partial charge in [0.2, 0.25) is 0 Å². The number of aryl methyl sites for hydroxylation is 4. The van der Waals surface area contributed by atoms with Gasteiger partial charge in [0.15, 0.2) is 11.3 Å². The van der Waals surface area contributed by atoms with Crippen LogP contribution in [0.15, 0.2) is 61.2 Å². The quantitative estimate of drug-likeness (QED) is 0.0390. The Morgan fingerprint density at radius 3 is 1.43 bits per heavy atom. The van der Waals surface area contributed by atoms with Gasteiger partial charge in [-0.25, -0.2) is 29.5 Å². The van der Waals surface area contributed by atoms with Gasteiger partial charge in [-0.2, -0.15) is 0 Å². The van der Waals surface area contributed by atoms with Crippen molar-refractivity contribution in [3.05, 3.63) is 117 Å². The lowest BCUT2D eigenvalue weighted by Crippen LogP contribution is -2.54. The monoisotopic (exact) mass is 1350 g/mol. The minimum Gasteiger partial charge on any atom is -0.481 e. The molecule has 0 spiro atoms. The van der Waals surface area contributed by atoms with Crippen LogP contribution in [0.5, 0.6) is 0 Å². The number of carboxylic acids is 4. The second kappa shape index (κ2) is 40.0. The Bertz CT molecular complexity index is 2960. The molecule has 2 aromatic carbocycles. The molecule has 1 amide bonds. The molecule has 0 radical (unpaired) electrons. The Morgan fingerprint density at radius 1 is 0.585 bits per heavy atom. The van der Waals surface area contributed by atoms with E-state index in [0.29, 0.717) is 48.5 Å². The summed E-state index contributed by atoms with van der Waals surface area (Å²) in [7, 11) is 3.52. The highest BCUT2D eigenvalue weighted by Crippen LogP contribution is 2.35. The predicted molar refractivity (Wildman–Crippen MR) is 355 cm³/mol. The van der Waals surface area contributed by atoms with Gasteiger partial charge in [0, 0.05) is 87.2 Å². The minimum absolute atomic E-state index is 0. The molecule has 0 saturated carbocycles. The minimum atomic E-state index is -2.74. The predicted octanol–water partition coefficient (Wildman–Crippen LogP) is 8.10. The van der Waals surface area contributed by atoms with Crippen LogP contribution in [0, 0.1) is 27.7 Å². The number of likely N-dealkylation sites (tertiary alicyclic amines) is 1. The first-order valence-corrected chi connectivity index (χ1v) is 32.6. The fourth-order valence-corrected chi connectivity index (χ4v) is 12.8. The Kier molecular flexibility index (Phi) is 33.5. The number of hydrogen-bond acceptors (Lipinski definition) is 19. The molecule has 8 N–H and O–H groups in total. The topological polar surface area (TPSA) is 333 Å². The van der Waals surface area contributed by atoms with E-state index in [-0.39, 0.29) is 73.0 Å². The molecular weight excluding hydrogens is 1260 g/mol. The van der Waals surface area contributed by atoms with E-state index in [1.807, 2.05) is 11.8 Å². The smallest absolute Gasteiger partial charge is 0.354 e. The highest BCUT2D eigenvalue weighted by atomic mass is 35.5. The van der Waals surface area contributed by atoms with Crippen LogP contribution in [-0.4, -0.2) is 201 Å². The van der Waals surface area contributed by atoms with Crippen molar-refractivity contribution in [2.45, 2.75) is 210 Å². The first-order chi connectivity index (χ1) is 44.2. The molecule has 10 rings (SSSR count). The van der Waals surface area contributed by atoms with Gasteiger partial charge in [0.1, 0.15) is 18.3 Å². The number of aliphatic carboxylic acids is 3. The van der Waals surface area contributed by atoms with Gasteiger partial charge in [-0.05, 0) is 155 Å². The summed E-state index contributed by atoms with van der Waals surface area (Å²) >= 11 is 0. The molecule has 94 heavy (non-hydrogen) atoms. The van der Waals surface area contributed by atoms with Crippen molar-refractivity contribution in [2.24, 2.45) is 0 Å². The number of ether oxygens (including phenoxy) is 6. The molecule has 6 saturated heterocycles. The van der Waals surface area contributed by atoms with E-state index in [2.05, 4.69) is 98.3 Å². The molecule has 6 fully saturated rings. The van der Waals surface area contributed by atoms with Gasteiger partial charge in [0.25, 0.3) is 5.91 Å². The van der Waals surface area contributed by atoms with Crippen LogP contribution < -0.4 is 16.0 Å². The second-order valence-corrected chi connectivity index (χ2v) is 25.0. The maximum absolute atomic E-state index is 13.5. The van der Waals surface area contributed by atoms with Crippen LogP contribution in [-0.2, 0) is 55.6 Å². The lowest BCUT2D eigenvalue weighted by molar-refractivity contribution is -0.170. The molecule has 522 valence electrons. The number of amides is 1. The Balaban J connectivity index is 0.000000249. The molecular formula is C68H100Cl2N8O16. The SMILES string of the molecule is CO[C@H]1COCC[C@H]1NC1CCN(C(=O)c2ncnc(CC[C@H]3CCC[C@@H](c4ccc(C)cc4)O3)c2C)CC1.CO[C@H]1COCC[C@H]1NC1CCNCC1.Cc1ccc([C@@H]2CCC[C@H](CCc3ncnc(C(=O)O)c3C)O2)cc1.Cl.Cl.O=C(O)CC(O)(CC(=O)O)C(=O)O. The molecule has 0 aliphatic carbocycles. The Labute approximate surface area is 564 Å². The second-order valence-electron chi connectivity index (χ2n) is 25.0. The molecule has 6 aliphatic heterocycles. The molecule has 26 heteroatoms. The zero-order chi connectivity index (χ0) is 66.2. The molecule has 6 aliphatic rings. The molecule has 0 unspecified atom stereocenters. The average Bonchev–Trinajstić information content (AvgIpc) is 1.01. The van der Waals surface area contributed by atoms with Crippen LogP contribution in [0.25, 0.3) is 0 Å². The third-order valence-electron chi connectivity index (χ3n) is 18.3. The molecule has 24 nitrogen and oxygen atoms in total. The van der Waals surface area contributed by atoms with Gasteiger partial charge < -0.3 is 74.8 Å². The number of nitrogens with zero attached hydrogens (tertiary/aromatic N) is 5. The maximum Gasteiger partial charge on any atom is 0.354 e. The van der Waals surface area contributed by atoms with E-state index in [0.717, 1.165) is 140 Å². The third kappa shape index (κ3) is 24.3. The number of rotatable bonds is 21. The number of methoxy groups -OCH3 is 2. The number of aromatic carboxylic acids is 1. The zero-order valence-corrected chi connectivity index (χ0v) is 56.8.